The Balaban J connectivity index is 2.13. The summed E-state index contributed by atoms with van der Waals surface area (Å²) in [6, 6.07) is 4.18. The predicted octanol–water partition coefficient (Wildman–Crippen LogP) is 0.0106. The van der Waals surface area contributed by atoms with E-state index in [9.17, 15) is 4.39 Å². The molecule has 2 rings (SSSR count). The number of hydrogen-bond donors (Lipinski definition) is 2. The molecular weight excluding hydrogens is 228 g/mol. The molecule has 0 bridgehead atoms. The second kappa shape index (κ2) is 5.35. The predicted molar refractivity (Wildman–Crippen MR) is 60.3 cm³/mol. The average Bonchev–Trinajstić information content (AvgIpc) is 2.29. The molecule has 0 atom stereocenters. The molecule has 0 aliphatic carbocycles. The maximum absolute atomic E-state index is 13.8. The molecule has 1 saturated heterocycles. The third-order valence-electron chi connectivity index (χ3n) is 2.51. The SMILES string of the molecule is OB(O)Oc1ccc(N2CCOCC2)c(F)c1. The van der Waals surface area contributed by atoms with Crippen LogP contribution in [0.25, 0.3) is 0 Å². The number of rotatable bonds is 3. The van der Waals surface area contributed by atoms with Crippen LogP contribution >= 0.6 is 0 Å². The van der Waals surface area contributed by atoms with E-state index in [1.807, 2.05) is 4.90 Å². The molecule has 0 spiro atoms. The molecule has 2 N–H and O–H groups in total. The maximum Gasteiger partial charge on any atom is 0.707 e. The van der Waals surface area contributed by atoms with Crippen LogP contribution in [0.2, 0.25) is 0 Å². The summed E-state index contributed by atoms with van der Waals surface area (Å²) >= 11 is 0. The smallest absolute Gasteiger partial charge is 0.512 e. The number of morpholine rings is 1. The highest BCUT2D eigenvalue weighted by Gasteiger charge is 2.17. The zero-order chi connectivity index (χ0) is 12.3. The van der Waals surface area contributed by atoms with Crippen LogP contribution in [0.3, 0.4) is 0 Å². The van der Waals surface area contributed by atoms with Crippen molar-refractivity contribution in [2.45, 2.75) is 0 Å². The maximum atomic E-state index is 13.8. The fourth-order valence-corrected chi connectivity index (χ4v) is 1.74. The van der Waals surface area contributed by atoms with Crippen LogP contribution in [0.1, 0.15) is 0 Å². The first-order valence-corrected chi connectivity index (χ1v) is 5.32. The van der Waals surface area contributed by atoms with Crippen molar-refractivity contribution in [2.75, 3.05) is 31.2 Å². The first kappa shape index (κ1) is 12.2. The van der Waals surface area contributed by atoms with Crippen LogP contribution in [0.4, 0.5) is 10.1 Å². The molecule has 5 nitrogen and oxygen atoms in total. The van der Waals surface area contributed by atoms with Gasteiger partial charge in [-0.3, -0.25) is 0 Å². The first-order chi connectivity index (χ1) is 8.16. The third kappa shape index (κ3) is 3.09. The third-order valence-corrected chi connectivity index (χ3v) is 2.51. The number of anilines is 1. The minimum atomic E-state index is -1.94. The Morgan fingerprint density at radius 1 is 1.29 bits per heavy atom. The molecule has 0 amide bonds. The van der Waals surface area contributed by atoms with Gasteiger partial charge in [-0.25, -0.2) is 4.39 Å². The van der Waals surface area contributed by atoms with E-state index >= 15 is 0 Å². The van der Waals surface area contributed by atoms with E-state index in [0.717, 1.165) is 6.07 Å². The lowest BCUT2D eigenvalue weighted by molar-refractivity contribution is 0.122. The van der Waals surface area contributed by atoms with E-state index in [1.54, 1.807) is 6.07 Å². The van der Waals surface area contributed by atoms with Crippen LogP contribution in [0.15, 0.2) is 18.2 Å². The van der Waals surface area contributed by atoms with Gasteiger partial charge in [0.25, 0.3) is 0 Å². The van der Waals surface area contributed by atoms with Gasteiger partial charge in [0.2, 0.25) is 0 Å². The molecule has 1 fully saturated rings. The Morgan fingerprint density at radius 2 is 2.00 bits per heavy atom. The van der Waals surface area contributed by atoms with E-state index in [4.69, 9.17) is 14.8 Å². The first-order valence-electron chi connectivity index (χ1n) is 5.32. The standard InChI is InChI=1S/C10H13BFNO4/c12-9-7-8(17-11(14)15)1-2-10(9)13-3-5-16-6-4-13/h1-2,7,14-15H,3-6H2. The average molecular weight is 241 g/mol. The van der Waals surface area contributed by atoms with Crippen molar-refractivity contribution in [1.82, 2.24) is 0 Å². The lowest BCUT2D eigenvalue weighted by atomic mass is 10.2. The van der Waals surface area contributed by atoms with Crippen molar-refractivity contribution >= 4 is 13.0 Å². The van der Waals surface area contributed by atoms with Crippen molar-refractivity contribution in [3.63, 3.8) is 0 Å². The van der Waals surface area contributed by atoms with E-state index < -0.39 is 13.1 Å². The molecule has 17 heavy (non-hydrogen) atoms. The highest BCUT2D eigenvalue weighted by atomic mass is 19.1. The summed E-state index contributed by atoms with van der Waals surface area (Å²) in [5.41, 5.74) is 0.466. The monoisotopic (exact) mass is 241 g/mol. The van der Waals surface area contributed by atoms with Crippen molar-refractivity contribution in [2.24, 2.45) is 0 Å². The Morgan fingerprint density at radius 3 is 2.59 bits per heavy atom. The Hall–Kier alpha value is -1.31. The lowest BCUT2D eigenvalue weighted by Crippen LogP contribution is -2.36. The topological polar surface area (TPSA) is 62.2 Å². The normalized spacial score (nSPS) is 15.8. The quantitative estimate of drug-likeness (QED) is 0.730. The zero-order valence-electron chi connectivity index (χ0n) is 9.17. The highest BCUT2D eigenvalue weighted by molar-refractivity contribution is 6.33. The van der Waals surface area contributed by atoms with Gasteiger partial charge in [-0.1, -0.05) is 0 Å². The van der Waals surface area contributed by atoms with E-state index in [1.165, 1.54) is 6.07 Å². The number of hydrogen-bond acceptors (Lipinski definition) is 5. The fourth-order valence-electron chi connectivity index (χ4n) is 1.74. The summed E-state index contributed by atoms with van der Waals surface area (Å²) in [5, 5.41) is 17.2. The second-order valence-electron chi connectivity index (χ2n) is 3.66. The Kier molecular flexibility index (Phi) is 3.83. The van der Waals surface area contributed by atoms with Crippen LogP contribution in [0.5, 0.6) is 5.75 Å². The van der Waals surface area contributed by atoms with Crippen LogP contribution in [-0.4, -0.2) is 43.7 Å². The molecule has 0 radical (unpaired) electrons. The summed E-state index contributed by atoms with van der Waals surface area (Å²) in [5.74, 6) is -0.375. The summed E-state index contributed by atoms with van der Waals surface area (Å²) in [6.45, 7) is 2.43. The molecule has 1 aromatic rings. The molecular formula is C10H13BFNO4. The van der Waals surface area contributed by atoms with Crippen LogP contribution < -0.4 is 9.55 Å². The Bertz CT molecular complexity index is 385. The molecule has 92 valence electrons. The van der Waals surface area contributed by atoms with E-state index in [0.29, 0.717) is 32.0 Å². The summed E-state index contributed by atoms with van der Waals surface area (Å²) < 4.78 is 23.5. The summed E-state index contributed by atoms with van der Waals surface area (Å²) in [4.78, 5) is 1.87. The fraction of sp³-hybridized carbons (Fsp3) is 0.400. The number of halogens is 1. The van der Waals surface area contributed by atoms with Gasteiger partial charge in [-0.15, -0.1) is 0 Å². The summed E-state index contributed by atoms with van der Waals surface area (Å²) in [7, 11) is -1.94. The zero-order valence-corrected chi connectivity index (χ0v) is 9.17. The van der Waals surface area contributed by atoms with Gasteiger partial charge in [0, 0.05) is 19.2 Å². The van der Waals surface area contributed by atoms with Crippen molar-refractivity contribution in [3.05, 3.63) is 24.0 Å². The Labute approximate surface area is 98.6 Å². The number of nitrogens with zero attached hydrogens (tertiary/aromatic N) is 1. The minimum Gasteiger partial charge on any atom is -0.512 e. The molecule has 0 aromatic heterocycles. The van der Waals surface area contributed by atoms with Gasteiger partial charge in [-0.05, 0) is 12.1 Å². The summed E-state index contributed by atoms with van der Waals surface area (Å²) in [6.07, 6.45) is 0. The van der Waals surface area contributed by atoms with Crippen molar-refractivity contribution in [1.29, 1.82) is 0 Å². The van der Waals surface area contributed by atoms with Gasteiger partial charge in [0.15, 0.2) is 0 Å². The number of ether oxygens (including phenoxy) is 1. The molecule has 1 aliphatic heterocycles. The largest absolute Gasteiger partial charge is 0.707 e. The van der Waals surface area contributed by atoms with Crippen molar-refractivity contribution < 1.29 is 23.8 Å². The molecule has 1 aromatic carbocycles. The lowest BCUT2D eigenvalue weighted by Gasteiger charge is -2.29. The molecule has 1 aliphatic rings. The second-order valence-corrected chi connectivity index (χ2v) is 3.66. The van der Waals surface area contributed by atoms with E-state index in [-0.39, 0.29) is 5.75 Å². The van der Waals surface area contributed by atoms with Crippen molar-refractivity contribution in [3.8, 4) is 5.75 Å². The van der Waals surface area contributed by atoms with Gasteiger partial charge in [0.1, 0.15) is 11.6 Å². The minimum absolute atomic E-state index is 0.0782. The van der Waals surface area contributed by atoms with Crippen LogP contribution in [-0.2, 0) is 4.74 Å². The highest BCUT2D eigenvalue weighted by Crippen LogP contribution is 2.24. The van der Waals surface area contributed by atoms with Gasteiger partial charge >= 0.3 is 7.32 Å². The molecule has 1 heterocycles. The van der Waals surface area contributed by atoms with Gasteiger partial charge in [0.05, 0.1) is 18.9 Å². The van der Waals surface area contributed by atoms with Gasteiger partial charge in [-0.2, -0.15) is 0 Å². The molecule has 0 unspecified atom stereocenters. The van der Waals surface area contributed by atoms with Gasteiger partial charge < -0.3 is 24.3 Å². The molecule has 7 heteroatoms. The molecule has 0 saturated carbocycles. The number of benzene rings is 1. The van der Waals surface area contributed by atoms with E-state index in [2.05, 4.69) is 4.65 Å². The van der Waals surface area contributed by atoms with Crippen LogP contribution in [0, 0.1) is 5.82 Å².